The molecule has 1 amide bonds. The van der Waals surface area contributed by atoms with E-state index < -0.39 is 4.92 Å². The van der Waals surface area contributed by atoms with E-state index >= 15 is 0 Å². The molecule has 0 spiro atoms. The highest BCUT2D eigenvalue weighted by atomic mass is 16.6. The number of rotatable bonds is 6. The van der Waals surface area contributed by atoms with E-state index in [0.717, 1.165) is 18.6 Å². The van der Waals surface area contributed by atoms with Gasteiger partial charge in [-0.05, 0) is 37.8 Å². The third kappa shape index (κ3) is 4.56. The van der Waals surface area contributed by atoms with E-state index in [1.165, 1.54) is 18.9 Å². The third-order valence-corrected chi connectivity index (χ3v) is 4.26. The van der Waals surface area contributed by atoms with Crippen LogP contribution in [0.1, 0.15) is 31.2 Å². The van der Waals surface area contributed by atoms with E-state index in [9.17, 15) is 14.9 Å². The second-order valence-corrected chi connectivity index (χ2v) is 6.16. The van der Waals surface area contributed by atoms with Crippen molar-refractivity contribution >= 4 is 17.3 Å². The Bertz CT molecular complexity index is 770. The fourth-order valence-corrected chi connectivity index (χ4v) is 3.06. The predicted molar refractivity (Wildman–Crippen MR) is 94.8 cm³/mol. The van der Waals surface area contributed by atoms with E-state index in [1.807, 2.05) is 12.1 Å². The summed E-state index contributed by atoms with van der Waals surface area (Å²) in [6.07, 6.45) is 4.71. The molecule has 1 aliphatic carbocycles. The topological polar surface area (TPSA) is 81.5 Å². The maximum absolute atomic E-state index is 12.2. The number of carbonyl (C=O) groups is 1. The minimum atomic E-state index is -0.474. The summed E-state index contributed by atoms with van der Waals surface area (Å²) in [7, 11) is 0. The molecule has 1 aliphatic rings. The Morgan fingerprint density at radius 3 is 2.68 bits per heavy atom. The monoisotopic (exact) mass is 340 g/mol. The van der Waals surface area contributed by atoms with Crippen molar-refractivity contribution in [1.82, 2.24) is 0 Å². The lowest BCUT2D eigenvalue weighted by Gasteiger charge is -2.14. The lowest BCUT2D eigenvalue weighted by molar-refractivity contribution is -0.385. The lowest BCUT2D eigenvalue weighted by Crippen LogP contribution is -2.15. The molecule has 1 N–H and O–H groups in total. The standard InChI is InChI=1S/C19H20N2O4/c22-19(12-14-6-1-4-11-18(14)21(23)24)20-15-7-5-10-17(13-15)25-16-8-2-3-9-16/h1,4-7,10-11,13,16H,2-3,8-9,12H2,(H,20,22). The van der Waals surface area contributed by atoms with Crippen molar-refractivity contribution in [3.05, 3.63) is 64.2 Å². The summed E-state index contributed by atoms with van der Waals surface area (Å²) in [5.41, 5.74) is 0.971. The molecular formula is C19H20N2O4. The minimum absolute atomic E-state index is 0.0454. The lowest BCUT2D eigenvalue weighted by atomic mass is 10.1. The maximum atomic E-state index is 12.2. The molecule has 6 heteroatoms. The molecule has 1 saturated carbocycles. The Morgan fingerprint density at radius 1 is 1.16 bits per heavy atom. The molecule has 2 aromatic rings. The van der Waals surface area contributed by atoms with Crippen LogP contribution < -0.4 is 10.1 Å². The van der Waals surface area contributed by atoms with Crippen molar-refractivity contribution in [3.63, 3.8) is 0 Å². The quantitative estimate of drug-likeness (QED) is 0.634. The van der Waals surface area contributed by atoms with Crippen LogP contribution in [0.15, 0.2) is 48.5 Å². The molecule has 1 fully saturated rings. The Morgan fingerprint density at radius 2 is 1.92 bits per heavy atom. The van der Waals surface area contributed by atoms with Gasteiger partial charge in [0, 0.05) is 23.4 Å². The van der Waals surface area contributed by atoms with Crippen molar-refractivity contribution in [1.29, 1.82) is 0 Å². The summed E-state index contributed by atoms with van der Waals surface area (Å²) in [5, 5.41) is 13.8. The van der Waals surface area contributed by atoms with Crippen molar-refractivity contribution in [3.8, 4) is 5.75 Å². The van der Waals surface area contributed by atoms with Crippen molar-refractivity contribution in [2.75, 3.05) is 5.32 Å². The normalized spacial score (nSPS) is 14.2. The number of nitrogens with one attached hydrogen (secondary N) is 1. The molecule has 6 nitrogen and oxygen atoms in total. The fourth-order valence-electron chi connectivity index (χ4n) is 3.06. The summed E-state index contributed by atoms with van der Waals surface area (Å²) in [4.78, 5) is 22.8. The van der Waals surface area contributed by atoms with E-state index in [2.05, 4.69) is 5.32 Å². The minimum Gasteiger partial charge on any atom is -0.490 e. The van der Waals surface area contributed by atoms with Crippen LogP contribution in [0, 0.1) is 10.1 Å². The molecular weight excluding hydrogens is 320 g/mol. The molecule has 3 rings (SSSR count). The van der Waals surface area contributed by atoms with E-state index in [4.69, 9.17) is 4.74 Å². The van der Waals surface area contributed by atoms with Gasteiger partial charge in [-0.25, -0.2) is 0 Å². The first-order valence-electron chi connectivity index (χ1n) is 8.41. The second-order valence-electron chi connectivity index (χ2n) is 6.16. The first kappa shape index (κ1) is 17.0. The van der Waals surface area contributed by atoms with Crippen LogP contribution in [0.4, 0.5) is 11.4 Å². The average Bonchev–Trinajstić information content (AvgIpc) is 3.08. The zero-order chi connectivity index (χ0) is 17.6. The van der Waals surface area contributed by atoms with Crippen LogP contribution in [0.25, 0.3) is 0 Å². The summed E-state index contributed by atoms with van der Waals surface area (Å²) in [5.74, 6) is 0.433. The number of anilines is 1. The number of ether oxygens (including phenoxy) is 1. The Balaban J connectivity index is 1.64. The molecule has 130 valence electrons. The van der Waals surface area contributed by atoms with Crippen molar-refractivity contribution < 1.29 is 14.5 Å². The molecule has 0 aliphatic heterocycles. The van der Waals surface area contributed by atoms with E-state index in [0.29, 0.717) is 11.3 Å². The molecule has 25 heavy (non-hydrogen) atoms. The number of nitro benzene ring substituents is 1. The van der Waals surface area contributed by atoms with Gasteiger partial charge in [0.25, 0.3) is 5.69 Å². The summed E-state index contributed by atoms with van der Waals surface area (Å²) < 4.78 is 5.93. The molecule has 0 heterocycles. The molecule has 0 radical (unpaired) electrons. The zero-order valence-electron chi connectivity index (χ0n) is 13.8. The molecule has 0 aromatic heterocycles. The van der Waals surface area contributed by atoms with Gasteiger partial charge in [0.1, 0.15) is 5.75 Å². The van der Waals surface area contributed by atoms with Crippen molar-refractivity contribution in [2.45, 2.75) is 38.2 Å². The van der Waals surface area contributed by atoms with Crippen LogP contribution in [-0.2, 0) is 11.2 Å². The van der Waals surface area contributed by atoms with Gasteiger partial charge in [-0.3, -0.25) is 14.9 Å². The van der Waals surface area contributed by atoms with E-state index in [-0.39, 0.29) is 24.1 Å². The third-order valence-electron chi connectivity index (χ3n) is 4.26. The highest BCUT2D eigenvalue weighted by molar-refractivity contribution is 5.93. The van der Waals surface area contributed by atoms with Gasteiger partial charge in [0.2, 0.25) is 5.91 Å². The number of carbonyl (C=O) groups excluding carboxylic acids is 1. The number of nitrogens with zero attached hydrogens (tertiary/aromatic N) is 1. The van der Waals surface area contributed by atoms with Crippen LogP contribution in [0.2, 0.25) is 0 Å². The second kappa shape index (κ2) is 7.79. The molecule has 0 unspecified atom stereocenters. The fraction of sp³-hybridized carbons (Fsp3) is 0.316. The highest BCUT2D eigenvalue weighted by Gasteiger charge is 2.17. The van der Waals surface area contributed by atoms with E-state index in [1.54, 1.807) is 30.3 Å². The van der Waals surface area contributed by atoms with Crippen LogP contribution in [0.5, 0.6) is 5.75 Å². The first-order chi connectivity index (χ1) is 12.1. The molecule has 0 atom stereocenters. The molecule has 0 bridgehead atoms. The van der Waals surface area contributed by atoms with Crippen LogP contribution in [-0.4, -0.2) is 16.9 Å². The highest BCUT2D eigenvalue weighted by Crippen LogP contribution is 2.26. The number of para-hydroxylation sites is 1. The summed E-state index contributed by atoms with van der Waals surface area (Å²) >= 11 is 0. The molecule has 2 aromatic carbocycles. The van der Waals surface area contributed by atoms with Gasteiger partial charge in [0.05, 0.1) is 17.4 Å². The largest absolute Gasteiger partial charge is 0.490 e. The summed E-state index contributed by atoms with van der Waals surface area (Å²) in [6, 6.07) is 13.5. The molecule has 0 saturated heterocycles. The average molecular weight is 340 g/mol. The van der Waals surface area contributed by atoms with Crippen LogP contribution >= 0.6 is 0 Å². The Labute approximate surface area is 146 Å². The predicted octanol–water partition coefficient (Wildman–Crippen LogP) is 4.10. The number of hydrogen-bond donors (Lipinski definition) is 1. The van der Waals surface area contributed by atoms with Crippen LogP contribution in [0.3, 0.4) is 0 Å². The number of nitro groups is 1. The SMILES string of the molecule is O=C(Cc1ccccc1[N+](=O)[O-])Nc1cccc(OC2CCCC2)c1. The Hall–Kier alpha value is -2.89. The Kier molecular flexibility index (Phi) is 5.28. The van der Waals surface area contributed by atoms with Gasteiger partial charge < -0.3 is 10.1 Å². The summed E-state index contributed by atoms with van der Waals surface area (Å²) in [6.45, 7) is 0. The smallest absolute Gasteiger partial charge is 0.273 e. The first-order valence-corrected chi connectivity index (χ1v) is 8.41. The van der Waals surface area contributed by atoms with Crippen molar-refractivity contribution in [2.24, 2.45) is 0 Å². The number of amides is 1. The van der Waals surface area contributed by atoms with Gasteiger partial charge in [0.15, 0.2) is 0 Å². The number of hydrogen-bond acceptors (Lipinski definition) is 4. The van der Waals surface area contributed by atoms with Gasteiger partial charge in [-0.2, -0.15) is 0 Å². The number of benzene rings is 2. The maximum Gasteiger partial charge on any atom is 0.273 e. The zero-order valence-corrected chi connectivity index (χ0v) is 13.8. The van der Waals surface area contributed by atoms with Gasteiger partial charge in [-0.1, -0.05) is 24.3 Å². The van der Waals surface area contributed by atoms with Gasteiger partial charge in [-0.15, -0.1) is 0 Å². The van der Waals surface area contributed by atoms with Gasteiger partial charge >= 0.3 is 0 Å².